The Labute approximate surface area is 127 Å². The number of primary sulfonamides is 1. The van der Waals surface area contributed by atoms with Gasteiger partial charge >= 0.3 is 0 Å². The summed E-state index contributed by atoms with van der Waals surface area (Å²) in [7, 11) is -3.73. The van der Waals surface area contributed by atoms with E-state index in [4.69, 9.17) is 5.14 Å². The van der Waals surface area contributed by atoms with Crippen molar-refractivity contribution >= 4 is 33.5 Å². The number of nitrogens with zero attached hydrogens (tertiary/aromatic N) is 3. The molecule has 2 aromatic rings. The van der Waals surface area contributed by atoms with E-state index in [-0.39, 0.29) is 5.03 Å². The van der Waals surface area contributed by atoms with Gasteiger partial charge in [-0.3, -0.25) is 4.68 Å². The highest BCUT2D eigenvalue weighted by Gasteiger charge is 2.18. The van der Waals surface area contributed by atoms with E-state index in [1.54, 1.807) is 12.3 Å². The third-order valence-corrected chi connectivity index (χ3v) is 5.35. The zero-order valence-electron chi connectivity index (χ0n) is 11.3. The van der Waals surface area contributed by atoms with Crippen molar-refractivity contribution in [2.75, 3.05) is 0 Å². The highest BCUT2D eigenvalue weighted by Crippen LogP contribution is 2.28. The second-order valence-corrected chi connectivity index (χ2v) is 7.54. The van der Waals surface area contributed by atoms with E-state index in [9.17, 15) is 8.42 Å². The maximum absolute atomic E-state index is 11.2. The Morgan fingerprint density at radius 2 is 2.24 bits per heavy atom. The molecule has 0 saturated heterocycles. The largest absolute Gasteiger partial charge is 0.265 e. The zero-order chi connectivity index (χ0) is 14.9. The molecular formula is C13H16N4O2S2. The van der Waals surface area contributed by atoms with Crippen molar-refractivity contribution in [3.63, 3.8) is 0 Å². The van der Waals surface area contributed by atoms with Gasteiger partial charge in [-0.2, -0.15) is 5.10 Å². The van der Waals surface area contributed by atoms with E-state index in [1.165, 1.54) is 36.0 Å². The van der Waals surface area contributed by atoms with Crippen LogP contribution in [0.4, 0.5) is 0 Å². The summed E-state index contributed by atoms with van der Waals surface area (Å²) in [6.07, 6.45) is 9.31. The van der Waals surface area contributed by atoms with Gasteiger partial charge in [-0.05, 0) is 37.0 Å². The second-order valence-electron chi connectivity index (χ2n) is 5.14. The molecule has 1 aliphatic rings. The molecule has 0 atom stereocenters. The molecule has 6 nitrogen and oxygen atoms in total. The molecule has 112 valence electrons. The normalized spacial score (nSPS) is 16.4. The minimum Gasteiger partial charge on any atom is -0.265 e. The monoisotopic (exact) mass is 324 g/mol. The summed E-state index contributed by atoms with van der Waals surface area (Å²) >= 11 is 1.25. The summed E-state index contributed by atoms with van der Waals surface area (Å²) in [5.41, 5.74) is 0.995. The lowest BCUT2D eigenvalue weighted by Gasteiger charge is -2.25. The van der Waals surface area contributed by atoms with Crippen LogP contribution in [0, 0.1) is 5.92 Å². The summed E-state index contributed by atoms with van der Waals surface area (Å²) in [4.78, 5) is 3.99. The van der Waals surface area contributed by atoms with Gasteiger partial charge in [0, 0.05) is 18.1 Å². The van der Waals surface area contributed by atoms with Crippen LogP contribution in [0.3, 0.4) is 0 Å². The van der Waals surface area contributed by atoms with Gasteiger partial charge in [0.2, 0.25) is 0 Å². The topological polar surface area (TPSA) is 90.9 Å². The maximum Gasteiger partial charge on any atom is 0.256 e. The van der Waals surface area contributed by atoms with Crippen molar-refractivity contribution in [2.45, 2.75) is 30.8 Å². The average Bonchev–Trinajstić information content (AvgIpc) is 2.99. The van der Waals surface area contributed by atoms with Crippen molar-refractivity contribution in [1.29, 1.82) is 0 Å². The Hall–Kier alpha value is -1.51. The van der Waals surface area contributed by atoms with Crippen molar-refractivity contribution in [1.82, 2.24) is 14.8 Å². The fourth-order valence-corrected chi connectivity index (χ4v) is 3.73. The van der Waals surface area contributed by atoms with Crippen LogP contribution in [0.5, 0.6) is 0 Å². The number of hydrogen-bond donors (Lipinski definition) is 1. The third kappa shape index (κ3) is 3.39. The minimum absolute atomic E-state index is 0.0878. The van der Waals surface area contributed by atoms with E-state index in [1.807, 2.05) is 16.8 Å². The lowest BCUT2D eigenvalue weighted by molar-refractivity contribution is 0.266. The molecule has 0 radical (unpaired) electrons. The van der Waals surface area contributed by atoms with Crippen LogP contribution >= 0.6 is 11.3 Å². The molecule has 1 saturated carbocycles. The first-order valence-electron chi connectivity index (χ1n) is 6.70. The van der Waals surface area contributed by atoms with E-state index in [0.717, 1.165) is 18.2 Å². The van der Waals surface area contributed by atoms with Gasteiger partial charge in [0.25, 0.3) is 10.0 Å². The van der Waals surface area contributed by atoms with Crippen LogP contribution in [0.25, 0.3) is 12.2 Å². The van der Waals surface area contributed by atoms with Crippen molar-refractivity contribution in [3.05, 3.63) is 28.3 Å². The Bertz CT molecular complexity index is 757. The highest BCUT2D eigenvalue weighted by molar-refractivity contribution is 7.89. The van der Waals surface area contributed by atoms with Crippen LogP contribution in [-0.2, 0) is 16.6 Å². The Morgan fingerprint density at radius 1 is 1.43 bits per heavy atom. The zero-order valence-corrected chi connectivity index (χ0v) is 13.0. The second kappa shape index (κ2) is 5.70. The van der Waals surface area contributed by atoms with Crippen LogP contribution in [0.1, 0.15) is 30.0 Å². The fraction of sp³-hybridized carbons (Fsp3) is 0.385. The van der Waals surface area contributed by atoms with E-state index in [2.05, 4.69) is 10.1 Å². The predicted octanol–water partition coefficient (Wildman–Crippen LogP) is 1.96. The molecule has 3 rings (SSSR count). The predicted molar refractivity (Wildman–Crippen MR) is 82.0 cm³/mol. The molecule has 0 spiro atoms. The van der Waals surface area contributed by atoms with Gasteiger partial charge in [0.15, 0.2) is 5.03 Å². The first-order valence-corrected chi connectivity index (χ1v) is 9.13. The number of aromatic nitrogens is 3. The fourth-order valence-electron chi connectivity index (χ4n) is 2.19. The summed E-state index contributed by atoms with van der Waals surface area (Å²) in [6.45, 7) is 0.937. The molecule has 2 aromatic heterocycles. The van der Waals surface area contributed by atoms with E-state index >= 15 is 0 Å². The molecule has 21 heavy (non-hydrogen) atoms. The molecular weight excluding hydrogens is 308 g/mol. The SMILES string of the molecule is NS(=O)(=O)c1csc(/C=C/c2ccnn2CC2CCC2)n1. The first kappa shape index (κ1) is 14.4. The number of hydrogen-bond acceptors (Lipinski definition) is 5. The van der Waals surface area contributed by atoms with Crippen LogP contribution in [-0.4, -0.2) is 23.2 Å². The van der Waals surface area contributed by atoms with Crippen molar-refractivity contribution in [3.8, 4) is 0 Å². The summed E-state index contributed by atoms with van der Waals surface area (Å²) < 4.78 is 24.3. The number of rotatable bonds is 5. The van der Waals surface area contributed by atoms with Gasteiger partial charge in [0.1, 0.15) is 5.01 Å². The van der Waals surface area contributed by atoms with Crippen LogP contribution in [0.15, 0.2) is 22.7 Å². The smallest absolute Gasteiger partial charge is 0.256 e. The Morgan fingerprint density at radius 3 is 2.86 bits per heavy atom. The van der Waals surface area contributed by atoms with Crippen LogP contribution in [0.2, 0.25) is 0 Å². The van der Waals surface area contributed by atoms with E-state index in [0.29, 0.717) is 5.01 Å². The summed E-state index contributed by atoms with van der Waals surface area (Å²) in [5, 5.41) is 11.3. The lowest BCUT2D eigenvalue weighted by atomic mass is 9.85. The maximum atomic E-state index is 11.2. The van der Waals surface area contributed by atoms with Gasteiger partial charge in [-0.25, -0.2) is 18.5 Å². The molecule has 0 unspecified atom stereocenters. The molecule has 0 aromatic carbocycles. The summed E-state index contributed by atoms with van der Waals surface area (Å²) in [6, 6.07) is 1.93. The molecule has 0 bridgehead atoms. The Kier molecular flexibility index (Phi) is 3.92. The van der Waals surface area contributed by atoms with Gasteiger partial charge in [0.05, 0.1) is 5.69 Å². The minimum atomic E-state index is -3.73. The first-order chi connectivity index (χ1) is 10.0. The Balaban J connectivity index is 1.74. The van der Waals surface area contributed by atoms with E-state index < -0.39 is 10.0 Å². The third-order valence-electron chi connectivity index (χ3n) is 3.59. The standard InChI is InChI=1S/C13H16N4O2S2/c14-21(18,19)13-9-20-12(16-13)5-4-11-6-7-15-17(11)8-10-2-1-3-10/h4-7,9-10H,1-3,8H2,(H2,14,18,19)/b5-4+. The lowest BCUT2D eigenvalue weighted by Crippen LogP contribution is -2.19. The molecule has 1 aliphatic carbocycles. The molecule has 8 heteroatoms. The number of sulfonamides is 1. The average molecular weight is 324 g/mol. The molecule has 1 fully saturated rings. The van der Waals surface area contributed by atoms with Gasteiger partial charge in [-0.1, -0.05) is 6.42 Å². The molecule has 2 N–H and O–H groups in total. The highest BCUT2D eigenvalue weighted by atomic mass is 32.2. The molecule has 0 amide bonds. The van der Waals surface area contributed by atoms with Gasteiger partial charge in [-0.15, -0.1) is 11.3 Å². The molecule has 2 heterocycles. The molecule has 0 aliphatic heterocycles. The number of nitrogens with two attached hydrogens (primary N) is 1. The quantitative estimate of drug-likeness (QED) is 0.910. The van der Waals surface area contributed by atoms with Crippen LogP contribution < -0.4 is 5.14 Å². The number of thiazole rings is 1. The summed E-state index contributed by atoms with van der Waals surface area (Å²) in [5.74, 6) is 0.728. The van der Waals surface area contributed by atoms with Gasteiger partial charge < -0.3 is 0 Å². The van der Waals surface area contributed by atoms with Crippen molar-refractivity contribution < 1.29 is 8.42 Å². The van der Waals surface area contributed by atoms with Crippen molar-refractivity contribution in [2.24, 2.45) is 11.1 Å².